The molecule has 1 heterocycles. The normalized spacial score (nSPS) is 21.3. The highest BCUT2D eigenvalue weighted by molar-refractivity contribution is 5.89. The van der Waals surface area contributed by atoms with Crippen molar-refractivity contribution in [2.45, 2.75) is 25.4 Å². The molecule has 1 atom stereocenters. The minimum absolute atomic E-state index is 0.192. The summed E-state index contributed by atoms with van der Waals surface area (Å²) in [5.41, 5.74) is -0.995. The summed E-state index contributed by atoms with van der Waals surface area (Å²) in [6.07, 6.45) is 0. The van der Waals surface area contributed by atoms with E-state index in [4.69, 9.17) is 0 Å². The Morgan fingerprint density at radius 1 is 1.38 bits per heavy atom. The maximum atomic E-state index is 11.8. The molecule has 0 saturated carbocycles. The lowest BCUT2D eigenvalue weighted by atomic mass is 10.0. The van der Waals surface area contributed by atoms with Gasteiger partial charge in [0.1, 0.15) is 5.54 Å². The van der Waals surface area contributed by atoms with E-state index in [0.29, 0.717) is 6.54 Å². The van der Waals surface area contributed by atoms with E-state index in [2.05, 4.69) is 20.7 Å². The van der Waals surface area contributed by atoms with Gasteiger partial charge >= 0.3 is 5.97 Å². The molecule has 92 valence electrons. The van der Waals surface area contributed by atoms with Crippen molar-refractivity contribution in [3.05, 3.63) is 0 Å². The van der Waals surface area contributed by atoms with Crippen LogP contribution in [0.3, 0.4) is 0 Å². The monoisotopic (exact) mass is 229 g/mol. The van der Waals surface area contributed by atoms with E-state index in [1.165, 1.54) is 7.11 Å². The summed E-state index contributed by atoms with van der Waals surface area (Å²) < 4.78 is 4.61. The number of hydrogen-bond acceptors (Lipinski definition) is 5. The number of rotatable bonds is 3. The molecule has 0 spiro atoms. The SMILES string of the molecule is COC(=O)C(C)(C)NC(=O)C1CNCCN1. The van der Waals surface area contributed by atoms with Gasteiger partial charge in [0.25, 0.3) is 0 Å². The van der Waals surface area contributed by atoms with Crippen molar-refractivity contribution < 1.29 is 14.3 Å². The molecule has 0 radical (unpaired) electrons. The van der Waals surface area contributed by atoms with Crippen LogP contribution in [0.15, 0.2) is 0 Å². The van der Waals surface area contributed by atoms with Gasteiger partial charge in [-0.2, -0.15) is 0 Å². The van der Waals surface area contributed by atoms with Crippen LogP contribution in [-0.2, 0) is 14.3 Å². The first-order valence-electron chi connectivity index (χ1n) is 5.32. The topological polar surface area (TPSA) is 79.5 Å². The number of piperazine rings is 1. The Morgan fingerprint density at radius 3 is 2.56 bits per heavy atom. The summed E-state index contributed by atoms with van der Waals surface area (Å²) in [7, 11) is 1.30. The Bertz CT molecular complexity index is 272. The zero-order chi connectivity index (χ0) is 12.2. The van der Waals surface area contributed by atoms with Crippen LogP contribution < -0.4 is 16.0 Å². The standard InChI is InChI=1S/C10H19N3O3/c1-10(2,9(15)16-3)13-8(14)7-6-11-4-5-12-7/h7,11-12H,4-6H2,1-3H3,(H,13,14). The Morgan fingerprint density at radius 2 is 2.06 bits per heavy atom. The van der Waals surface area contributed by atoms with E-state index in [0.717, 1.165) is 13.1 Å². The van der Waals surface area contributed by atoms with Crippen LogP contribution in [-0.4, -0.2) is 50.2 Å². The predicted octanol–water partition coefficient (Wildman–Crippen LogP) is -1.38. The summed E-state index contributed by atoms with van der Waals surface area (Å²) in [5, 5.41) is 8.84. The summed E-state index contributed by atoms with van der Waals surface area (Å²) in [6, 6.07) is -0.294. The first kappa shape index (κ1) is 12.9. The highest BCUT2D eigenvalue weighted by Crippen LogP contribution is 2.05. The van der Waals surface area contributed by atoms with Gasteiger partial charge in [-0.3, -0.25) is 4.79 Å². The van der Waals surface area contributed by atoms with Gasteiger partial charge in [0.15, 0.2) is 0 Å². The third-order valence-electron chi connectivity index (χ3n) is 2.49. The van der Waals surface area contributed by atoms with Gasteiger partial charge in [-0.25, -0.2) is 4.79 Å². The lowest BCUT2D eigenvalue weighted by Gasteiger charge is -2.28. The molecule has 0 aromatic heterocycles. The van der Waals surface area contributed by atoms with Crippen molar-refractivity contribution in [3.63, 3.8) is 0 Å². The van der Waals surface area contributed by atoms with Crippen LogP contribution >= 0.6 is 0 Å². The lowest BCUT2D eigenvalue weighted by Crippen LogP contribution is -2.60. The van der Waals surface area contributed by atoms with E-state index < -0.39 is 11.5 Å². The van der Waals surface area contributed by atoms with Gasteiger partial charge in [0.05, 0.1) is 13.2 Å². The number of amides is 1. The van der Waals surface area contributed by atoms with E-state index in [1.54, 1.807) is 13.8 Å². The second-order valence-corrected chi connectivity index (χ2v) is 4.32. The Balaban J connectivity index is 2.52. The van der Waals surface area contributed by atoms with E-state index >= 15 is 0 Å². The molecule has 6 nitrogen and oxygen atoms in total. The Labute approximate surface area is 95.1 Å². The first-order valence-corrected chi connectivity index (χ1v) is 5.32. The largest absolute Gasteiger partial charge is 0.467 e. The molecule has 1 rings (SSSR count). The van der Waals surface area contributed by atoms with Crippen molar-refractivity contribution in [1.82, 2.24) is 16.0 Å². The average Bonchev–Trinajstić information content (AvgIpc) is 2.28. The second-order valence-electron chi connectivity index (χ2n) is 4.32. The van der Waals surface area contributed by atoms with Crippen molar-refractivity contribution in [1.29, 1.82) is 0 Å². The molecule has 1 amide bonds. The van der Waals surface area contributed by atoms with Crippen LogP contribution in [0, 0.1) is 0 Å². The molecule has 3 N–H and O–H groups in total. The van der Waals surface area contributed by atoms with Gasteiger partial charge in [-0.1, -0.05) is 0 Å². The first-order chi connectivity index (χ1) is 7.47. The minimum Gasteiger partial charge on any atom is -0.467 e. The van der Waals surface area contributed by atoms with Crippen molar-refractivity contribution >= 4 is 11.9 Å². The van der Waals surface area contributed by atoms with Gasteiger partial charge in [-0.15, -0.1) is 0 Å². The quantitative estimate of drug-likeness (QED) is 0.520. The van der Waals surface area contributed by atoms with Gasteiger partial charge in [0, 0.05) is 19.6 Å². The number of nitrogens with one attached hydrogen (secondary N) is 3. The fraction of sp³-hybridized carbons (Fsp3) is 0.800. The Kier molecular flexibility index (Phi) is 4.26. The molecule has 1 saturated heterocycles. The highest BCUT2D eigenvalue weighted by atomic mass is 16.5. The van der Waals surface area contributed by atoms with Gasteiger partial charge < -0.3 is 20.7 Å². The number of carbonyl (C=O) groups is 2. The predicted molar refractivity (Wildman–Crippen MR) is 58.9 cm³/mol. The lowest BCUT2D eigenvalue weighted by molar-refractivity contribution is -0.149. The van der Waals surface area contributed by atoms with E-state index in [9.17, 15) is 9.59 Å². The van der Waals surface area contributed by atoms with Crippen LogP contribution in [0.2, 0.25) is 0 Å². The zero-order valence-corrected chi connectivity index (χ0v) is 9.92. The maximum Gasteiger partial charge on any atom is 0.330 e. The second kappa shape index (κ2) is 5.27. The molecule has 6 heteroatoms. The molecule has 1 unspecified atom stereocenters. The van der Waals surface area contributed by atoms with Crippen LogP contribution in [0.25, 0.3) is 0 Å². The minimum atomic E-state index is -0.995. The number of hydrogen-bond donors (Lipinski definition) is 3. The summed E-state index contributed by atoms with van der Waals surface area (Å²) in [6.45, 7) is 5.41. The van der Waals surface area contributed by atoms with Crippen molar-refractivity contribution in [2.75, 3.05) is 26.7 Å². The molecule has 1 aliphatic heterocycles. The molecule has 0 bridgehead atoms. The summed E-state index contributed by atoms with van der Waals surface area (Å²) in [4.78, 5) is 23.2. The van der Waals surface area contributed by atoms with Crippen LogP contribution in [0.1, 0.15) is 13.8 Å². The summed E-state index contributed by atoms with van der Waals surface area (Å²) in [5.74, 6) is -0.646. The van der Waals surface area contributed by atoms with Gasteiger partial charge in [-0.05, 0) is 13.8 Å². The number of carbonyl (C=O) groups excluding carboxylic acids is 2. The van der Waals surface area contributed by atoms with E-state index in [-0.39, 0.29) is 11.9 Å². The number of esters is 1. The van der Waals surface area contributed by atoms with Crippen molar-refractivity contribution in [2.24, 2.45) is 0 Å². The Hall–Kier alpha value is -1.14. The highest BCUT2D eigenvalue weighted by Gasteiger charge is 2.33. The zero-order valence-electron chi connectivity index (χ0n) is 9.92. The van der Waals surface area contributed by atoms with Crippen molar-refractivity contribution in [3.8, 4) is 0 Å². The summed E-state index contributed by atoms with van der Waals surface area (Å²) >= 11 is 0. The molecule has 16 heavy (non-hydrogen) atoms. The van der Waals surface area contributed by atoms with Gasteiger partial charge in [0.2, 0.25) is 5.91 Å². The molecular weight excluding hydrogens is 210 g/mol. The molecule has 0 aliphatic carbocycles. The smallest absolute Gasteiger partial charge is 0.330 e. The molecular formula is C10H19N3O3. The molecule has 0 aromatic rings. The van der Waals surface area contributed by atoms with Crippen LogP contribution in [0.5, 0.6) is 0 Å². The third kappa shape index (κ3) is 3.18. The van der Waals surface area contributed by atoms with Crippen LogP contribution in [0.4, 0.5) is 0 Å². The third-order valence-corrected chi connectivity index (χ3v) is 2.49. The molecule has 1 aliphatic rings. The molecule has 0 aromatic carbocycles. The fourth-order valence-electron chi connectivity index (χ4n) is 1.54. The number of ether oxygens (including phenoxy) is 1. The molecule has 1 fully saturated rings. The fourth-order valence-corrected chi connectivity index (χ4v) is 1.54. The number of methoxy groups -OCH3 is 1. The maximum absolute atomic E-state index is 11.8. The average molecular weight is 229 g/mol. The van der Waals surface area contributed by atoms with E-state index in [1.807, 2.05) is 0 Å².